The number of carboxylic acids is 4. The third-order valence-electron chi connectivity index (χ3n) is 9.01. The molecule has 72 heavy (non-hydrogen) atoms. The molecule has 6 N–H and O–H groups in total. The third kappa shape index (κ3) is 19.8. The van der Waals surface area contributed by atoms with Gasteiger partial charge in [0.1, 0.15) is 58.1 Å². The molecule has 30 heteroatoms. The Bertz CT molecular complexity index is 3100. The van der Waals surface area contributed by atoms with Gasteiger partial charge in [0.2, 0.25) is 23.8 Å². The number of carbonyl (C=O) groups is 4. The summed E-state index contributed by atoms with van der Waals surface area (Å²) in [6.07, 6.45) is 2.81. The van der Waals surface area contributed by atoms with Gasteiger partial charge < -0.3 is 50.0 Å². The summed E-state index contributed by atoms with van der Waals surface area (Å²) < 4.78 is 71.8. The van der Waals surface area contributed by atoms with Crippen LogP contribution in [0.4, 0.5) is 35.2 Å². The van der Waals surface area contributed by atoms with E-state index in [1.54, 1.807) is 24.3 Å². The number of rotatable bonds is 22. The van der Waals surface area contributed by atoms with Gasteiger partial charge in [0.05, 0.1) is 9.79 Å². The molecule has 4 aromatic carbocycles. The molecule has 0 radical (unpaired) electrons. The Labute approximate surface area is 499 Å². The van der Waals surface area contributed by atoms with Gasteiger partial charge in [0, 0.05) is 18.5 Å². The van der Waals surface area contributed by atoms with Crippen LogP contribution in [0.3, 0.4) is 0 Å². The van der Waals surface area contributed by atoms with E-state index in [4.69, 9.17) is 0 Å². The zero-order valence-corrected chi connectivity index (χ0v) is 48.4. The van der Waals surface area contributed by atoms with E-state index < -0.39 is 80.1 Å². The Kier molecular flexibility index (Phi) is 25.5. The summed E-state index contributed by atoms with van der Waals surface area (Å²) in [5, 5.41) is 43.5. The van der Waals surface area contributed by atoms with Crippen molar-refractivity contribution < 1.29 is 184 Å². The molecule has 0 fully saturated rings. The summed E-state index contributed by atoms with van der Waals surface area (Å²) in [5.41, 5.74) is 1.85. The van der Waals surface area contributed by atoms with Gasteiger partial charge in [-0.25, -0.2) is 16.8 Å². The van der Waals surface area contributed by atoms with Crippen molar-refractivity contribution in [3.63, 3.8) is 0 Å². The fourth-order valence-electron chi connectivity index (χ4n) is 6.12. The summed E-state index contributed by atoms with van der Waals surface area (Å²) >= 11 is 0. The summed E-state index contributed by atoms with van der Waals surface area (Å²) in [7, 11) is -9.86. The van der Waals surface area contributed by atoms with E-state index in [0.29, 0.717) is 16.8 Å². The number of aromatic nitrogens is 6. The first-order valence-electron chi connectivity index (χ1n) is 19.4. The van der Waals surface area contributed by atoms with Crippen molar-refractivity contribution >= 4 is 91.4 Å². The van der Waals surface area contributed by atoms with Crippen LogP contribution in [-0.2, 0) is 52.3 Å². The Balaban J connectivity index is 0.00000444. The van der Waals surface area contributed by atoms with Crippen molar-refractivity contribution in [2.24, 2.45) is 0 Å². The van der Waals surface area contributed by atoms with Crippen LogP contribution in [0.25, 0.3) is 12.2 Å². The second-order valence-electron chi connectivity index (χ2n) is 14.2. The number of hydrogen-bond donors (Lipinski definition) is 6. The quantitative estimate of drug-likeness (QED) is 0.0159. The number of carboxylic acid groups (broad SMARTS) is 4. The van der Waals surface area contributed by atoms with Gasteiger partial charge in [0.15, 0.2) is 0 Å². The minimum Gasteiger partial charge on any atom is -0.744 e. The van der Waals surface area contributed by atoms with E-state index in [2.05, 4.69) is 52.7 Å². The molecule has 352 valence electrons. The van der Waals surface area contributed by atoms with Crippen molar-refractivity contribution in [2.45, 2.75) is 22.6 Å². The van der Waals surface area contributed by atoms with Gasteiger partial charge >= 0.3 is 142 Å². The molecule has 0 unspecified atom stereocenters. The van der Waals surface area contributed by atoms with Gasteiger partial charge in [-0.3, -0.25) is 19.2 Å². The molecule has 0 saturated heterocycles. The summed E-state index contributed by atoms with van der Waals surface area (Å²) in [5.74, 6) is -6.39. The van der Waals surface area contributed by atoms with E-state index in [1.165, 1.54) is 54.6 Å². The fraction of sp³-hybridized carbons (Fsp3) is 0.143. The van der Waals surface area contributed by atoms with E-state index in [0.717, 1.165) is 33.6 Å². The van der Waals surface area contributed by atoms with Crippen LogP contribution in [0.1, 0.15) is 33.9 Å². The second kappa shape index (κ2) is 28.8. The predicted molar refractivity (Wildman–Crippen MR) is 235 cm³/mol. The first-order valence-corrected chi connectivity index (χ1v) is 22.2. The van der Waals surface area contributed by atoms with Crippen molar-refractivity contribution in [1.29, 1.82) is 0 Å². The second-order valence-corrected chi connectivity index (χ2v) is 16.9. The first-order chi connectivity index (χ1) is 32.2. The van der Waals surface area contributed by atoms with Crippen molar-refractivity contribution in [3.8, 4) is 0 Å². The smallest absolute Gasteiger partial charge is 0.744 e. The topological polar surface area (TPSA) is 371 Å². The number of nitrogens with zero attached hydrogens (tertiary/aromatic N) is 8. The van der Waals surface area contributed by atoms with Crippen LogP contribution in [0.2, 0.25) is 0 Å². The molecule has 2 heterocycles. The molecule has 24 nitrogen and oxygen atoms in total. The third-order valence-corrected chi connectivity index (χ3v) is 10.7. The molecule has 0 saturated carbocycles. The molecular formula is C42H34N10Na4O14S2. The molecule has 0 aliphatic rings. The number of nitrogens with one attached hydrogen (secondary N) is 2. The number of anilines is 6. The van der Waals surface area contributed by atoms with Crippen molar-refractivity contribution in [2.75, 3.05) is 46.6 Å². The van der Waals surface area contributed by atoms with Gasteiger partial charge in [0.25, 0.3) is 0 Å². The standard InChI is InChI=1S/C42H36N10O14S2.4Na/c53-35(54)21-51(22-36(55)56)41-48-34(19-27-9-16-31(17-10-27)67(61,62)63)45-39(49-41)43-29-13-7-25(8-14-29)6-11-28-12-15-30(20-32(28)68(64,65)66)44-40-46-33(18-26-4-2-1-3-5-26)47-42(50-40)52(23-37(57)58)24-38(59)60;;;;/h2-7,9-17,20H,18-19,21-24H2,(H,53,54)(H,55,56)(H,57,58)(H,59,60)(H,61,62,63)(H,64,65,66)(H,43,45,48,49)(H,44,46,47,50);;;;/q-2;4*+1/p-2/b11-6+;;;;. The number of benzene rings is 4. The largest absolute Gasteiger partial charge is 1.00 e. The molecule has 0 aliphatic heterocycles. The van der Waals surface area contributed by atoms with Crippen LogP contribution >= 0.6 is 0 Å². The van der Waals surface area contributed by atoms with E-state index in [9.17, 15) is 65.5 Å². The van der Waals surface area contributed by atoms with Crippen LogP contribution in [0, 0.1) is 12.1 Å². The van der Waals surface area contributed by atoms with Crippen LogP contribution in [-0.4, -0.2) is 126 Å². The first kappa shape index (κ1) is 63.7. The SMILES string of the molecule is O=C(O)CN(CC(=O)O)c1nc(Cc2ccc(S(=O)(=O)[O-])cc2)nc(Nc2c[c-]c(/C=C/c3ccc(Nc4nc(Cc5cc[c-]cc5)nc(N(CC(=O)O)CC(=O)O)n4)cc3S(=O)(=O)[O-])cc2)n1.[Na+].[Na+].[Na+].[Na+]. The maximum atomic E-state index is 12.5. The maximum absolute atomic E-state index is 12.5. The Morgan fingerprint density at radius 2 is 1.03 bits per heavy atom. The van der Waals surface area contributed by atoms with Gasteiger partial charge in [-0.05, 0) is 41.1 Å². The molecule has 0 spiro atoms. The maximum Gasteiger partial charge on any atom is 1.00 e. The fourth-order valence-corrected chi connectivity index (χ4v) is 7.28. The molecule has 6 aromatic rings. The zero-order chi connectivity index (χ0) is 49.2. The molecule has 0 atom stereocenters. The minimum absolute atomic E-state index is 0. The molecule has 0 amide bonds. The minimum atomic E-state index is -5.13. The molecule has 0 aliphatic carbocycles. The van der Waals surface area contributed by atoms with E-state index in [1.807, 2.05) is 0 Å². The summed E-state index contributed by atoms with van der Waals surface area (Å²) in [4.78, 5) is 72.6. The molecular weight excluding hydrogens is 1020 g/mol. The Morgan fingerprint density at radius 3 is 1.46 bits per heavy atom. The van der Waals surface area contributed by atoms with Gasteiger partial charge in [-0.15, -0.1) is 30.3 Å². The molecule has 0 bridgehead atoms. The van der Waals surface area contributed by atoms with Crippen molar-refractivity contribution in [1.82, 2.24) is 29.9 Å². The van der Waals surface area contributed by atoms with Crippen LogP contribution in [0.5, 0.6) is 0 Å². The van der Waals surface area contributed by atoms with Crippen LogP contribution in [0.15, 0.2) is 94.7 Å². The number of hydrogen-bond acceptors (Lipinski definition) is 20. The monoisotopic (exact) mass is 1060 g/mol. The normalized spacial score (nSPS) is 10.9. The van der Waals surface area contributed by atoms with E-state index in [-0.39, 0.29) is 178 Å². The van der Waals surface area contributed by atoms with Crippen LogP contribution < -0.4 is 139 Å². The predicted octanol–water partition coefficient (Wildman–Crippen LogP) is -9.73. The number of aliphatic carboxylic acids is 4. The summed E-state index contributed by atoms with van der Waals surface area (Å²) in [6, 6.07) is 25.7. The summed E-state index contributed by atoms with van der Waals surface area (Å²) in [6.45, 7) is -3.15. The van der Waals surface area contributed by atoms with Gasteiger partial charge in [-0.1, -0.05) is 24.3 Å². The Morgan fingerprint density at radius 1 is 0.569 bits per heavy atom. The Hall–Kier alpha value is -4.46. The van der Waals surface area contributed by atoms with Gasteiger partial charge in [-0.2, -0.15) is 71.4 Å². The zero-order valence-electron chi connectivity index (χ0n) is 38.7. The van der Waals surface area contributed by atoms with E-state index >= 15 is 0 Å². The average Bonchev–Trinajstić information content (AvgIpc) is 3.25. The molecule has 2 aromatic heterocycles. The molecule has 6 rings (SSSR count). The van der Waals surface area contributed by atoms with Crippen molar-refractivity contribution in [3.05, 3.63) is 131 Å². The average molecular weight is 1060 g/mol.